The second kappa shape index (κ2) is 5.70. The fourth-order valence-corrected chi connectivity index (χ4v) is 6.20. The zero-order valence-electron chi connectivity index (χ0n) is 15.0. The smallest absolute Gasteiger partial charge is 0.162 e. The van der Waals surface area contributed by atoms with Crippen molar-refractivity contribution in [3.8, 4) is 11.5 Å². The molecule has 1 aliphatic heterocycles. The van der Waals surface area contributed by atoms with Crippen molar-refractivity contribution in [1.82, 2.24) is 4.90 Å². The number of carbonyl (C=O) groups is 1. The standard InChI is InChI=1S/C21H27NO4/c23-16-5-4-13-8-15-14-9-17(24)18(25)10-21(14,19(13)20(16)26)6-7-22(15)11-12-2-1-3-12/h4-5,12,14-15,17,23-24,26H,1-3,6-11H2/t14?,15?,17?,21-/m1/s1. The first-order valence-corrected chi connectivity index (χ1v) is 9.99. The lowest BCUT2D eigenvalue weighted by molar-refractivity contribution is -0.140. The van der Waals surface area contributed by atoms with Crippen molar-refractivity contribution >= 4 is 5.78 Å². The largest absolute Gasteiger partial charge is 0.504 e. The minimum atomic E-state index is -0.889. The molecule has 3 aliphatic carbocycles. The number of phenolic OH excluding ortho intramolecular Hbond substituents is 2. The van der Waals surface area contributed by atoms with Crippen LogP contribution in [0.4, 0.5) is 0 Å². The second-order valence-corrected chi connectivity index (χ2v) is 8.94. The number of Topliss-reactive ketones (excluding diaryl/α,β-unsaturated/α-hetero) is 1. The zero-order valence-corrected chi connectivity index (χ0v) is 15.0. The van der Waals surface area contributed by atoms with Crippen LogP contribution in [-0.4, -0.2) is 51.2 Å². The highest BCUT2D eigenvalue weighted by Gasteiger charge is 2.58. The van der Waals surface area contributed by atoms with Gasteiger partial charge in [-0.1, -0.05) is 12.5 Å². The van der Waals surface area contributed by atoms with E-state index in [0.717, 1.165) is 43.0 Å². The molecule has 26 heavy (non-hydrogen) atoms. The normalized spacial score (nSPS) is 37.0. The number of aliphatic hydroxyl groups excluding tert-OH is 1. The molecule has 1 aromatic rings. The van der Waals surface area contributed by atoms with Crippen LogP contribution in [0.5, 0.6) is 11.5 Å². The van der Waals surface area contributed by atoms with Gasteiger partial charge in [0.25, 0.3) is 0 Å². The number of hydrogen-bond donors (Lipinski definition) is 3. The Bertz CT molecular complexity index is 759. The Balaban J connectivity index is 1.60. The number of aromatic hydroxyl groups is 2. The summed E-state index contributed by atoms with van der Waals surface area (Å²) in [5.41, 5.74) is 1.40. The molecule has 5 rings (SSSR count). The Morgan fingerprint density at radius 3 is 2.77 bits per heavy atom. The fraction of sp³-hybridized carbons (Fsp3) is 0.667. The zero-order chi connectivity index (χ0) is 18.1. The highest BCUT2D eigenvalue weighted by atomic mass is 16.3. The fourth-order valence-electron chi connectivity index (χ4n) is 6.20. The molecule has 4 aliphatic rings. The number of hydrogen-bond acceptors (Lipinski definition) is 5. The van der Waals surface area contributed by atoms with Crippen LogP contribution in [0, 0.1) is 11.8 Å². The molecule has 0 radical (unpaired) electrons. The van der Waals surface area contributed by atoms with E-state index < -0.39 is 11.5 Å². The molecular formula is C21H27NO4. The third-order valence-electron chi connectivity index (χ3n) is 7.71. The summed E-state index contributed by atoms with van der Waals surface area (Å²) < 4.78 is 0. The van der Waals surface area contributed by atoms with Gasteiger partial charge < -0.3 is 15.3 Å². The molecule has 0 aromatic heterocycles. The van der Waals surface area contributed by atoms with E-state index >= 15 is 0 Å². The quantitative estimate of drug-likeness (QED) is 0.707. The van der Waals surface area contributed by atoms with Gasteiger partial charge in [-0.2, -0.15) is 0 Å². The summed E-state index contributed by atoms with van der Waals surface area (Å²) >= 11 is 0. The van der Waals surface area contributed by atoms with Gasteiger partial charge in [0.05, 0.1) is 0 Å². The number of ketones is 1. The van der Waals surface area contributed by atoms with Crippen LogP contribution in [0.2, 0.25) is 0 Å². The van der Waals surface area contributed by atoms with Gasteiger partial charge in [-0.15, -0.1) is 0 Å². The molecule has 5 nitrogen and oxygen atoms in total. The average Bonchev–Trinajstić information content (AvgIpc) is 2.56. The Morgan fingerprint density at radius 1 is 1.23 bits per heavy atom. The van der Waals surface area contributed by atoms with E-state index in [4.69, 9.17) is 0 Å². The van der Waals surface area contributed by atoms with Gasteiger partial charge in [-0.3, -0.25) is 9.69 Å². The summed E-state index contributed by atoms with van der Waals surface area (Å²) in [6.45, 7) is 2.04. The van der Waals surface area contributed by atoms with Crippen LogP contribution < -0.4 is 0 Å². The van der Waals surface area contributed by atoms with E-state index in [-0.39, 0.29) is 29.6 Å². The summed E-state index contributed by atoms with van der Waals surface area (Å²) in [5.74, 6) is 0.660. The second-order valence-electron chi connectivity index (χ2n) is 8.94. The van der Waals surface area contributed by atoms with Crippen LogP contribution in [-0.2, 0) is 16.6 Å². The van der Waals surface area contributed by atoms with Gasteiger partial charge >= 0.3 is 0 Å². The molecule has 3 N–H and O–H groups in total. The number of rotatable bonds is 2. The monoisotopic (exact) mass is 357 g/mol. The predicted molar refractivity (Wildman–Crippen MR) is 96.2 cm³/mol. The maximum atomic E-state index is 12.5. The molecule has 3 fully saturated rings. The van der Waals surface area contributed by atoms with Crippen LogP contribution in [0.1, 0.15) is 49.7 Å². The molecule has 4 atom stereocenters. The number of benzene rings is 1. The third kappa shape index (κ3) is 2.20. The highest BCUT2D eigenvalue weighted by Crippen LogP contribution is 2.58. The van der Waals surface area contributed by atoms with Crippen LogP contribution >= 0.6 is 0 Å². The summed E-state index contributed by atoms with van der Waals surface area (Å²) in [6, 6.07) is 3.79. The SMILES string of the molecule is O=C1C[C@@]23CCN(CC4CCC4)C(Cc4ccc(O)c(O)c42)C3CC1O. The number of piperidine rings is 1. The molecule has 140 valence electrons. The van der Waals surface area contributed by atoms with Gasteiger partial charge in [-0.25, -0.2) is 0 Å². The molecule has 1 aromatic carbocycles. The Kier molecular flexibility index (Phi) is 3.63. The van der Waals surface area contributed by atoms with Gasteiger partial charge in [0.2, 0.25) is 0 Å². The minimum Gasteiger partial charge on any atom is -0.504 e. The number of nitrogens with zero attached hydrogens (tertiary/aromatic N) is 1. The molecular weight excluding hydrogens is 330 g/mol. The molecule has 0 spiro atoms. The maximum Gasteiger partial charge on any atom is 0.162 e. The lowest BCUT2D eigenvalue weighted by Gasteiger charge is -2.59. The van der Waals surface area contributed by atoms with Gasteiger partial charge in [-0.05, 0) is 62.1 Å². The number of likely N-dealkylation sites (tertiary alicyclic amines) is 1. The highest BCUT2D eigenvalue weighted by molar-refractivity contribution is 5.86. The first kappa shape index (κ1) is 16.6. The average molecular weight is 357 g/mol. The first-order valence-electron chi connectivity index (χ1n) is 9.99. The van der Waals surface area contributed by atoms with E-state index in [1.807, 2.05) is 6.07 Å². The number of aliphatic hydroxyl groups is 1. The van der Waals surface area contributed by atoms with Crippen molar-refractivity contribution in [2.24, 2.45) is 11.8 Å². The van der Waals surface area contributed by atoms with Gasteiger partial charge in [0.15, 0.2) is 17.3 Å². The Labute approximate surface area is 153 Å². The van der Waals surface area contributed by atoms with E-state index in [1.165, 1.54) is 19.3 Å². The minimum absolute atomic E-state index is 0.0532. The molecule has 2 saturated carbocycles. The van der Waals surface area contributed by atoms with Gasteiger partial charge in [0, 0.05) is 30.0 Å². The number of carbonyl (C=O) groups excluding carboxylic acids is 1. The summed E-state index contributed by atoms with van der Waals surface area (Å²) in [4.78, 5) is 15.0. The summed E-state index contributed by atoms with van der Waals surface area (Å²) in [6.07, 6.45) is 5.44. The van der Waals surface area contributed by atoms with E-state index in [1.54, 1.807) is 6.07 Å². The van der Waals surface area contributed by atoms with Crippen LogP contribution in [0.15, 0.2) is 12.1 Å². The maximum absolute atomic E-state index is 12.5. The summed E-state index contributed by atoms with van der Waals surface area (Å²) in [5, 5.41) is 31.0. The number of phenols is 2. The lowest BCUT2D eigenvalue weighted by Crippen LogP contribution is -2.64. The molecule has 1 heterocycles. The van der Waals surface area contributed by atoms with E-state index in [9.17, 15) is 20.1 Å². The predicted octanol–water partition coefficient (Wildman–Crippen LogP) is 2.11. The van der Waals surface area contributed by atoms with Crippen LogP contribution in [0.25, 0.3) is 0 Å². The number of fused-ring (bicyclic) bond motifs is 1. The first-order chi connectivity index (χ1) is 12.5. The van der Waals surface area contributed by atoms with Crippen molar-refractivity contribution in [2.75, 3.05) is 13.1 Å². The molecule has 2 bridgehead atoms. The van der Waals surface area contributed by atoms with E-state index in [0.29, 0.717) is 12.5 Å². The topological polar surface area (TPSA) is 81.0 Å². The molecule has 3 unspecified atom stereocenters. The van der Waals surface area contributed by atoms with Crippen molar-refractivity contribution in [2.45, 2.75) is 62.5 Å². The Morgan fingerprint density at radius 2 is 2.04 bits per heavy atom. The lowest BCUT2D eigenvalue weighted by atomic mass is 9.51. The molecule has 0 amide bonds. The molecule has 5 heteroatoms. The van der Waals surface area contributed by atoms with Crippen molar-refractivity contribution in [3.63, 3.8) is 0 Å². The van der Waals surface area contributed by atoms with Gasteiger partial charge in [0.1, 0.15) is 6.10 Å². The van der Waals surface area contributed by atoms with Crippen molar-refractivity contribution < 1.29 is 20.1 Å². The van der Waals surface area contributed by atoms with Crippen molar-refractivity contribution in [3.05, 3.63) is 23.3 Å². The Hall–Kier alpha value is -1.59. The molecule has 1 saturated heterocycles. The third-order valence-corrected chi connectivity index (χ3v) is 7.71. The van der Waals surface area contributed by atoms with E-state index in [2.05, 4.69) is 4.90 Å². The van der Waals surface area contributed by atoms with Crippen molar-refractivity contribution in [1.29, 1.82) is 0 Å². The van der Waals surface area contributed by atoms with Crippen LogP contribution in [0.3, 0.4) is 0 Å². The summed E-state index contributed by atoms with van der Waals surface area (Å²) in [7, 11) is 0.